The Morgan fingerprint density at radius 2 is 1.97 bits per heavy atom. The smallest absolute Gasteiger partial charge is 0.274 e. The van der Waals surface area contributed by atoms with E-state index in [0.717, 1.165) is 46.5 Å². The molecule has 9 heteroatoms. The summed E-state index contributed by atoms with van der Waals surface area (Å²) in [5.41, 5.74) is 11.5. The first kappa shape index (κ1) is 23.8. The molecule has 0 bridgehead atoms. The Morgan fingerprint density at radius 1 is 1.14 bits per heavy atom. The third kappa shape index (κ3) is 4.22. The fraction of sp³-hybridized carbons (Fsp3) is 0.357. The third-order valence-corrected chi connectivity index (χ3v) is 8.80. The van der Waals surface area contributed by atoms with Crippen LogP contribution in [-0.4, -0.2) is 51.9 Å². The molecule has 3 aromatic rings. The number of piperazine rings is 1. The molecule has 2 aliphatic heterocycles. The highest BCUT2D eigenvalue weighted by molar-refractivity contribution is 7.15. The fourth-order valence-electron chi connectivity index (χ4n) is 5.46. The van der Waals surface area contributed by atoms with Crippen LogP contribution >= 0.6 is 11.3 Å². The summed E-state index contributed by atoms with van der Waals surface area (Å²) in [6.07, 6.45) is 8.74. The van der Waals surface area contributed by atoms with E-state index in [-0.39, 0.29) is 5.91 Å². The molecule has 2 saturated heterocycles. The summed E-state index contributed by atoms with van der Waals surface area (Å²) in [6, 6.07) is 9.83. The van der Waals surface area contributed by atoms with Crippen molar-refractivity contribution in [1.29, 1.82) is 0 Å². The molecule has 2 N–H and O–H groups in total. The zero-order chi connectivity index (χ0) is 25.6. The van der Waals surface area contributed by atoms with Crippen LogP contribution in [0.2, 0.25) is 0 Å². The number of thiazole rings is 1. The number of carbonyl (C=O) groups excluding carboxylic acids is 1. The van der Waals surface area contributed by atoms with Crippen molar-refractivity contribution >= 4 is 23.1 Å². The van der Waals surface area contributed by atoms with Crippen molar-refractivity contribution < 1.29 is 4.79 Å². The van der Waals surface area contributed by atoms with Gasteiger partial charge in [0.25, 0.3) is 5.91 Å². The predicted molar refractivity (Wildman–Crippen MR) is 146 cm³/mol. The highest BCUT2D eigenvalue weighted by atomic mass is 32.1. The maximum atomic E-state index is 13.9. The quantitative estimate of drug-likeness (QED) is 0.543. The standard InChI is InChI=1S/C28H31N7OS/c1-18-15-19(2)23-21(16-18)28(3,33-32-23)27-31-24(25(37-27)20-7-6-9-29-17-20)26(36)35-13-11-34(12-14-35)22-8-4-5-10-30-22/h4-10,16-18,32-33H,11-15H2,1-3H3. The van der Waals surface area contributed by atoms with Crippen LogP contribution in [0.4, 0.5) is 5.82 Å². The molecular weight excluding hydrogens is 482 g/mol. The zero-order valence-electron chi connectivity index (χ0n) is 21.4. The summed E-state index contributed by atoms with van der Waals surface area (Å²) in [4.78, 5) is 32.7. The van der Waals surface area contributed by atoms with Gasteiger partial charge in [0.2, 0.25) is 0 Å². The van der Waals surface area contributed by atoms with Crippen LogP contribution in [0.3, 0.4) is 0 Å². The number of anilines is 1. The van der Waals surface area contributed by atoms with Gasteiger partial charge >= 0.3 is 0 Å². The molecule has 3 aromatic heterocycles. The molecule has 0 spiro atoms. The van der Waals surface area contributed by atoms with E-state index in [1.54, 1.807) is 23.7 Å². The summed E-state index contributed by atoms with van der Waals surface area (Å²) in [6.45, 7) is 9.31. The Morgan fingerprint density at radius 3 is 2.70 bits per heavy atom. The van der Waals surface area contributed by atoms with Crippen LogP contribution in [0.15, 0.2) is 71.8 Å². The number of carbonyl (C=O) groups is 1. The highest BCUT2D eigenvalue weighted by Gasteiger charge is 2.44. The molecule has 8 nitrogen and oxygen atoms in total. The lowest BCUT2D eigenvalue weighted by molar-refractivity contribution is 0.0742. The summed E-state index contributed by atoms with van der Waals surface area (Å²) in [5.74, 6) is 1.37. The molecule has 2 unspecified atom stereocenters. The molecule has 6 rings (SSSR count). The monoisotopic (exact) mass is 513 g/mol. The van der Waals surface area contributed by atoms with Crippen LogP contribution in [0.5, 0.6) is 0 Å². The lowest BCUT2D eigenvalue weighted by Gasteiger charge is -2.35. The molecule has 0 radical (unpaired) electrons. The van der Waals surface area contributed by atoms with Gasteiger partial charge < -0.3 is 15.2 Å². The molecule has 37 heavy (non-hydrogen) atoms. The number of hydrogen-bond donors (Lipinski definition) is 2. The SMILES string of the molecule is CC1=C2NNC(C)(c3nc(C(=O)N4CCN(c5ccccn5)CC4)c(-c4cccnc4)s3)C2=CC(C)C1. The molecule has 0 saturated carbocycles. The van der Waals surface area contributed by atoms with Crippen LogP contribution < -0.4 is 15.8 Å². The largest absolute Gasteiger partial charge is 0.353 e. The number of nitrogens with zero attached hydrogens (tertiary/aromatic N) is 5. The van der Waals surface area contributed by atoms with Crippen molar-refractivity contribution in [1.82, 2.24) is 30.7 Å². The van der Waals surface area contributed by atoms with Gasteiger partial charge in [-0.3, -0.25) is 9.78 Å². The van der Waals surface area contributed by atoms with E-state index in [1.165, 1.54) is 11.1 Å². The van der Waals surface area contributed by atoms with E-state index < -0.39 is 5.54 Å². The van der Waals surface area contributed by atoms with E-state index in [1.807, 2.05) is 41.4 Å². The lowest BCUT2D eigenvalue weighted by atomic mass is 9.82. The summed E-state index contributed by atoms with van der Waals surface area (Å²) in [7, 11) is 0. The molecular formula is C28H31N7OS. The first-order valence-corrected chi connectivity index (χ1v) is 13.6. The first-order valence-electron chi connectivity index (χ1n) is 12.8. The molecule has 5 heterocycles. The van der Waals surface area contributed by atoms with Gasteiger partial charge in [-0.25, -0.2) is 15.4 Å². The minimum absolute atomic E-state index is 0.0329. The first-order chi connectivity index (χ1) is 17.9. The highest BCUT2D eigenvalue weighted by Crippen LogP contribution is 2.45. The topological polar surface area (TPSA) is 86.3 Å². The van der Waals surface area contributed by atoms with Gasteiger partial charge in [0.1, 0.15) is 22.1 Å². The van der Waals surface area contributed by atoms with Crippen molar-refractivity contribution in [2.45, 2.75) is 32.7 Å². The van der Waals surface area contributed by atoms with E-state index in [0.29, 0.717) is 24.7 Å². The van der Waals surface area contributed by atoms with E-state index in [2.05, 4.69) is 52.6 Å². The second-order valence-electron chi connectivity index (χ2n) is 10.2. The second-order valence-corrected chi connectivity index (χ2v) is 11.2. The molecule has 190 valence electrons. The van der Waals surface area contributed by atoms with Gasteiger partial charge in [-0.2, -0.15) is 0 Å². The number of allylic oxidation sites excluding steroid dienone is 2. The molecule has 1 aliphatic carbocycles. The third-order valence-electron chi connectivity index (χ3n) is 7.47. The number of hydrogen-bond acceptors (Lipinski definition) is 8. The normalized spacial score (nSPS) is 23.5. The zero-order valence-corrected chi connectivity index (χ0v) is 22.2. The molecule has 1 amide bonds. The Labute approximate surface area is 221 Å². The minimum Gasteiger partial charge on any atom is -0.353 e. The van der Waals surface area contributed by atoms with Gasteiger partial charge in [-0.1, -0.05) is 25.1 Å². The number of rotatable bonds is 4. The fourth-order valence-corrected chi connectivity index (χ4v) is 6.62. The predicted octanol–water partition coefficient (Wildman–Crippen LogP) is 4.13. The Balaban J connectivity index is 1.33. The number of amides is 1. The second kappa shape index (κ2) is 9.39. The van der Waals surface area contributed by atoms with Crippen molar-refractivity contribution in [3.05, 3.63) is 82.5 Å². The van der Waals surface area contributed by atoms with Crippen LogP contribution in [0.25, 0.3) is 10.4 Å². The van der Waals surface area contributed by atoms with Crippen molar-refractivity contribution in [2.75, 3.05) is 31.1 Å². The molecule has 2 fully saturated rings. The van der Waals surface area contributed by atoms with Crippen molar-refractivity contribution in [3.63, 3.8) is 0 Å². The van der Waals surface area contributed by atoms with Crippen LogP contribution in [0, 0.1) is 5.92 Å². The van der Waals surface area contributed by atoms with Gasteiger partial charge in [0.05, 0.1) is 10.6 Å². The average molecular weight is 514 g/mol. The number of pyridine rings is 2. The molecule has 3 aliphatic rings. The maximum Gasteiger partial charge on any atom is 0.274 e. The summed E-state index contributed by atoms with van der Waals surface area (Å²) < 4.78 is 0. The van der Waals surface area contributed by atoms with Crippen molar-refractivity contribution in [2.24, 2.45) is 5.92 Å². The Hall–Kier alpha value is -3.56. The van der Waals surface area contributed by atoms with Gasteiger partial charge in [0, 0.05) is 55.9 Å². The number of nitrogens with one attached hydrogen (secondary N) is 2. The van der Waals surface area contributed by atoms with Gasteiger partial charge in [0.15, 0.2) is 0 Å². The van der Waals surface area contributed by atoms with Gasteiger partial charge in [-0.15, -0.1) is 11.3 Å². The lowest BCUT2D eigenvalue weighted by Crippen LogP contribution is -2.49. The van der Waals surface area contributed by atoms with E-state index in [9.17, 15) is 4.79 Å². The van der Waals surface area contributed by atoms with E-state index in [4.69, 9.17) is 4.98 Å². The maximum absolute atomic E-state index is 13.9. The van der Waals surface area contributed by atoms with Crippen molar-refractivity contribution in [3.8, 4) is 10.4 Å². The van der Waals surface area contributed by atoms with E-state index >= 15 is 0 Å². The molecule has 2 atom stereocenters. The number of aromatic nitrogens is 3. The Bertz CT molecular complexity index is 1380. The van der Waals surface area contributed by atoms with Gasteiger partial charge in [-0.05, 0) is 50.0 Å². The average Bonchev–Trinajstić information content (AvgIpc) is 3.53. The summed E-state index contributed by atoms with van der Waals surface area (Å²) >= 11 is 1.57. The summed E-state index contributed by atoms with van der Waals surface area (Å²) in [5, 5.41) is 0.873. The Kier molecular flexibility index (Phi) is 6.04. The number of hydrazine groups is 1. The van der Waals surface area contributed by atoms with Crippen LogP contribution in [0.1, 0.15) is 42.7 Å². The molecule has 0 aromatic carbocycles. The van der Waals surface area contributed by atoms with Crippen LogP contribution in [-0.2, 0) is 5.54 Å². The number of fused-ring (bicyclic) bond motifs is 1. The minimum atomic E-state index is -0.525.